The molecule has 0 aromatic heterocycles. The summed E-state index contributed by atoms with van der Waals surface area (Å²) in [5.41, 5.74) is -0.922. The van der Waals surface area contributed by atoms with Crippen LogP contribution in [-0.2, 0) is 30.1 Å². The number of carbonyl (C=O) groups excluding carboxylic acids is 4. The Morgan fingerprint density at radius 1 is 1.03 bits per heavy atom. The molecule has 0 radical (unpaired) electrons. The van der Waals surface area contributed by atoms with Crippen molar-refractivity contribution in [3.05, 3.63) is 64.7 Å². The van der Waals surface area contributed by atoms with Crippen LogP contribution in [0.25, 0.3) is 0 Å². The number of rotatable bonds is 7. The number of aldehydes is 1. The smallest absolute Gasteiger partial charge is 0.308 e. The lowest BCUT2D eigenvalue weighted by molar-refractivity contribution is -0.159. The molecular weight excluding hydrogens is 396 g/mol. The molecule has 0 saturated carbocycles. The number of benzene rings is 2. The van der Waals surface area contributed by atoms with E-state index in [0.717, 1.165) is 5.56 Å². The summed E-state index contributed by atoms with van der Waals surface area (Å²) in [6.07, 6.45) is 0.258. The minimum Gasteiger partial charge on any atom is -0.438 e. The third-order valence-corrected chi connectivity index (χ3v) is 4.96. The molecule has 0 heterocycles. The van der Waals surface area contributed by atoms with Crippen LogP contribution in [0.2, 0.25) is 0 Å². The van der Waals surface area contributed by atoms with Crippen molar-refractivity contribution in [2.24, 2.45) is 0 Å². The summed E-state index contributed by atoms with van der Waals surface area (Å²) < 4.78 is 10.9. The first kappa shape index (κ1) is 24.0. The maximum Gasteiger partial charge on any atom is 0.308 e. The van der Waals surface area contributed by atoms with E-state index in [0.29, 0.717) is 11.8 Å². The first-order chi connectivity index (χ1) is 14.5. The molecule has 0 saturated heterocycles. The highest BCUT2D eigenvalue weighted by molar-refractivity contribution is 6.14. The van der Waals surface area contributed by atoms with E-state index in [1.165, 1.54) is 13.0 Å². The fourth-order valence-electron chi connectivity index (χ4n) is 3.18. The van der Waals surface area contributed by atoms with Gasteiger partial charge in [0.25, 0.3) is 5.60 Å². The van der Waals surface area contributed by atoms with Crippen LogP contribution in [0.1, 0.15) is 68.1 Å². The number of carbonyl (C=O) groups is 4. The molecule has 0 aliphatic rings. The quantitative estimate of drug-likeness (QED) is 0.215. The zero-order valence-electron chi connectivity index (χ0n) is 18.8. The molecule has 0 bridgehead atoms. The van der Waals surface area contributed by atoms with Crippen molar-refractivity contribution < 1.29 is 28.7 Å². The Kier molecular flexibility index (Phi) is 7.16. The maximum atomic E-state index is 13.6. The first-order valence-electron chi connectivity index (χ1n) is 10.1. The molecule has 2 aromatic rings. The Morgan fingerprint density at radius 3 is 2.19 bits per heavy atom. The largest absolute Gasteiger partial charge is 0.438 e. The number of Topliss-reactive ketones (excluding diaryl/α,β-unsaturated/α-hetero) is 1. The standard InChI is InChI=1S/C25H28O6/c1-7-22(28)31-25(15-26,23(29)19-11-9-8-10-16(19)2)20-13-12-18(24(4,5)6)14-21(20)30-17(3)27/h8-15H,7H2,1-6H3. The minimum absolute atomic E-state index is 0.000697. The minimum atomic E-state index is -2.29. The van der Waals surface area contributed by atoms with Gasteiger partial charge >= 0.3 is 11.9 Å². The summed E-state index contributed by atoms with van der Waals surface area (Å²) in [6, 6.07) is 11.5. The van der Waals surface area contributed by atoms with Gasteiger partial charge in [-0.15, -0.1) is 0 Å². The van der Waals surface area contributed by atoms with Crippen molar-refractivity contribution in [2.75, 3.05) is 0 Å². The molecular formula is C25H28O6. The zero-order chi connectivity index (χ0) is 23.4. The lowest BCUT2D eigenvalue weighted by Gasteiger charge is -2.30. The average molecular weight is 424 g/mol. The zero-order valence-corrected chi connectivity index (χ0v) is 18.8. The van der Waals surface area contributed by atoms with Crippen molar-refractivity contribution >= 4 is 24.0 Å². The van der Waals surface area contributed by atoms with E-state index in [1.54, 1.807) is 50.2 Å². The van der Waals surface area contributed by atoms with Crippen molar-refractivity contribution in [1.82, 2.24) is 0 Å². The third-order valence-electron chi connectivity index (χ3n) is 4.96. The predicted molar refractivity (Wildman–Crippen MR) is 116 cm³/mol. The van der Waals surface area contributed by atoms with Crippen LogP contribution in [-0.4, -0.2) is 24.0 Å². The van der Waals surface area contributed by atoms with Crippen LogP contribution >= 0.6 is 0 Å². The number of ether oxygens (including phenoxy) is 2. The molecule has 0 aliphatic heterocycles. The molecule has 0 spiro atoms. The Bertz CT molecular complexity index is 1010. The van der Waals surface area contributed by atoms with Crippen LogP contribution in [0.4, 0.5) is 0 Å². The molecule has 164 valence electrons. The Labute approximate surface area is 182 Å². The van der Waals surface area contributed by atoms with Crippen LogP contribution < -0.4 is 4.74 Å². The van der Waals surface area contributed by atoms with Crippen molar-refractivity contribution in [2.45, 2.75) is 59.0 Å². The van der Waals surface area contributed by atoms with Crippen molar-refractivity contribution in [1.29, 1.82) is 0 Å². The molecule has 31 heavy (non-hydrogen) atoms. The van der Waals surface area contributed by atoms with Gasteiger partial charge in [-0.1, -0.05) is 64.1 Å². The lowest BCUT2D eigenvalue weighted by atomic mass is 9.81. The summed E-state index contributed by atoms with van der Waals surface area (Å²) in [5, 5.41) is 0. The molecule has 0 amide bonds. The SMILES string of the molecule is CCC(=O)OC(C=O)(C(=O)c1ccccc1C)c1ccc(C(C)(C)C)cc1OC(C)=O. The molecule has 1 unspecified atom stereocenters. The lowest BCUT2D eigenvalue weighted by Crippen LogP contribution is -2.43. The molecule has 1 atom stereocenters. The number of aryl methyl sites for hydroxylation is 1. The topological polar surface area (TPSA) is 86.7 Å². The van der Waals surface area contributed by atoms with Gasteiger partial charge in [0.05, 0.1) is 5.56 Å². The van der Waals surface area contributed by atoms with Gasteiger partial charge in [0.2, 0.25) is 5.78 Å². The molecule has 2 aromatic carbocycles. The molecule has 6 heteroatoms. The van der Waals surface area contributed by atoms with Gasteiger partial charge in [-0.25, -0.2) is 0 Å². The van der Waals surface area contributed by atoms with Gasteiger partial charge in [0.1, 0.15) is 5.75 Å². The number of hydrogen-bond donors (Lipinski definition) is 0. The summed E-state index contributed by atoms with van der Waals surface area (Å²) in [6.45, 7) is 10.4. The van der Waals surface area contributed by atoms with E-state index in [4.69, 9.17) is 9.47 Å². The normalized spacial score (nSPS) is 13.1. The predicted octanol–water partition coefficient (Wildman–Crippen LogP) is 4.45. The molecule has 0 N–H and O–H groups in total. The second kappa shape index (κ2) is 9.25. The fraction of sp³-hybridized carbons (Fsp3) is 0.360. The Balaban J connectivity index is 2.84. The molecule has 0 fully saturated rings. The maximum absolute atomic E-state index is 13.6. The van der Waals surface area contributed by atoms with Crippen LogP contribution in [0, 0.1) is 6.92 Å². The fourth-order valence-corrected chi connectivity index (χ4v) is 3.18. The average Bonchev–Trinajstić information content (AvgIpc) is 2.70. The van der Waals surface area contributed by atoms with E-state index >= 15 is 0 Å². The summed E-state index contributed by atoms with van der Waals surface area (Å²) in [5.74, 6) is -2.07. The van der Waals surface area contributed by atoms with Gasteiger partial charge in [0.15, 0.2) is 6.29 Å². The Hall–Kier alpha value is -3.28. The van der Waals surface area contributed by atoms with Crippen LogP contribution in [0.3, 0.4) is 0 Å². The highest BCUT2D eigenvalue weighted by Crippen LogP contribution is 2.38. The van der Waals surface area contributed by atoms with Crippen molar-refractivity contribution in [3.63, 3.8) is 0 Å². The number of esters is 2. The summed E-state index contributed by atoms with van der Waals surface area (Å²) in [7, 11) is 0. The van der Waals surface area contributed by atoms with Crippen LogP contribution in [0.15, 0.2) is 42.5 Å². The highest BCUT2D eigenvalue weighted by atomic mass is 16.6. The van der Waals surface area contributed by atoms with Crippen LogP contribution in [0.5, 0.6) is 5.75 Å². The second-order valence-corrected chi connectivity index (χ2v) is 8.38. The summed E-state index contributed by atoms with van der Waals surface area (Å²) in [4.78, 5) is 50.2. The van der Waals surface area contributed by atoms with E-state index in [9.17, 15) is 19.2 Å². The Morgan fingerprint density at radius 2 is 1.68 bits per heavy atom. The number of ketones is 1. The van der Waals surface area contributed by atoms with Gasteiger partial charge in [-0.3, -0.25) is 19.2 Å². The van der Waals surface area contributed by atoms with E-state index in [2.05, 4.69) is 0 Å². The number of hydrogen-bond acceptors (Lipinski definition) is 6. The van der Waals surface area contributed by atoms with E-state index in [1.807, 2.05) is 20.8 Å². The third kappa shape index (κ3) is 5.08. The molecule has 0 aliphatic carbocycles. The monoisotopic (exact) mass is 424 g/mol. The van der Waals surface area contributed by atoms with E-state index < -0.39 is 23.3 Å². The second-order valence-electron chi connectivity index (χ2n) is 8.38. The molecule has 6 nitrogen and oxygen atoms in total. The van der Waals surface area contributed by atoms with Gasteiger partial charge in [0, 0.05) is 18.9 Å². The van der Waals surface area contributed by atoms with Gasteiger partial charge < -0.3 is 9.47 Å². The van der Waals surface area contributed by atoms with E-state index in [-0.39, 0.29) is 28.7 Å². The van der Waals surface area contributed by atoms with Gasteiger partial charge in [-0.05, 0) is 29.5 Å². The summed E-state index contributed by atoms with van der Waals surface area (Å²) >= 11 is 0. The van der Waals surface area contributed by atoms with Gasteiger partial charge in [-0.2, -0.15) is 0 Å². The molecule has 2 rings (SSSR count). The highest BCUT2D eigenvalue weighted by Gasteiger charge is 2.47. The first-order valence-corrected chi connectivity index (χ1v) is 10.1. The van der Waals surface area contributed by atoms with Crippen molar-refractivity contribution in [3.8, 4) is 5.75 Å².